The zero-order valence-corrected chi connectivity index (χ0v) is 9.42. The number of nitrogens with one attached hydrogen (secondary N) is 1. The van der Waals surface area contributed by atoms with Crippen molar-refractivity contribution in [3.63, 3.8) is 0 Å². The van der Waals surface area contributed by atoms with E-state index in [1.54, 1.807) is 0 Å². The highest BCUT2D eigenvalue weighted by molar-refractivity contribution is 4.92. The molecule has 0 bridgehead atoms. The van der Waals surface area contributed by atoms with Crippen LogP contribution in [-0.2, 0) is 0 Å². The van der Waals surface area contributed by atoms with Crippen molar-refractivity contribution >= 4 is 0 Å². The summed E-state index contributed by atoms with van der Waals surface area (Å²) in [4.78, 5) is 2.42. The molecule has 0 heterocycles. The summed E-state index contributed by atoms with van der Waals surface area (Å²) in [5, 5.41) is 3.37. The molecule has 0 aromatic rings. The van der Waals surface area contributed by atoms with Crippen molar-refractivity contribution in [2.75, 3.05) is 26.2 Å². The van der Waals surface area contributed by atoms with E-state index in [4.69, 9.17) is 6.42 Å². The van der Waals surface area contributed by atoms with Crippen LogP contribution in [0.15, 0.2) is 0 Å². The van der Waals surface area contributed by atoms with Gasteiger partial charge < -0.3 is 5.32 Å². The molecule has 1 rings (SSSR count). The van der Waals surface area contributed by atoms with E-state index in [2.05, 4.69) is 30.0 Å². The Morgan fingerprint density at radius 3 is 2.79 bits per heavy atom. The van der Waals surface area contributed by atoms with Crippen LogP contribution in [0.2, 0.25) is 0 Å². The molecule has 1 aliphatic rings. The van der Waals surface area contributed by atoms with Crippen molar-refractivity contribution in [1.82, 2.24) is 10.2 Å². The summed E-state index contributed by atoms with van der Waals surface area (Å²) >= 11 is 0. The lowest BCUT2D eigenvalue weighted by Crippen LogP contribution is -2.41. The summed E-state index contributed by atoms with van der Waals surface area (Å²) in [6.45, 7) is 8.46. The second kappa shape index (κ2) is 6.06. The molecule has 1 unspecified atom stereocenters. The van der Waals surface area contributed by atoms with E-state index in [-0.39, 0.29) is 0 Å². The summed E-state index contributed by atoms with van der Waals surface area (Å²) in [7, 11) is 0. The Hall–Kier alpha value is -0.520. The zero-order chi connectivity index (χ0) is 10.4. The van der Waals surface area contributed by atoms with Crippen LogP contribution in [0.25, 0.3) is 0 Å². The van der Waals surface area contributed by atoms with E-state index in [9.17, 15) is 0 Å². The molecule has 1 saturated carbocycles. The molecule has 0 aromatic heterocycles. The van der Waals surface area contributed by atoms with Crippen LogP contribution in [0.4, 0.5) is 0 Å². The molecule has 80 valence electrons. The zero-order valence-electron chi connectivity index (χ0n) is 9.42. The van der Waals surface area contributed by atoms with Gasteiger partial charge in [-0.15, -0.1) is 6.42 Å². The van der Waals surface area contributed by atoms with Gasteiger partial charge in [0.1, 0.15) is 0 Å². The third-order valence-electron chi connectivity index (χ3n) is 2.80. The molecule has 14 heavy (non-hydrogen) atoms. The van der Waals surface area contributed by atoms with Crippen LogP contribution in [-0.4, -0.2) is 37.1 Å². The van der Waals surface area contributed by atoms with Crippen LogP contribution in [0, 0.1) is 18.3 Å². The van der Waals surface area contributed by atoms with Crippen LogP contribution < -0.4 is 5.32 Å². The van der Waals surface area contributed by atoms with Crippen molar-refractivity contribution in [1.29, 1.82) is 0 Å². The van der Waals surface area contributed by atoms with E-state index < -0.39 is 0 Å². The molecule has 0 aromatic carbocycles. The third kappa shape index (κ3) is 4.13. The minimum Gasteiger partial charge on any atom is -0.315 e. The summed E-state index contributed by atoms with van der Waals surface area (Å²) in [5.41, 5.74) is 0. The monoisotopic (exact) mass is 194 g/mol. The van der Waals surface area contributed by atoms with Crippen molar-refractivity contribution in [3.8, 4) is 12.3 Å². The fourth-order valence-electron chi connectivity index (χ4n) is 1.63. The van der Waals surface area contributed by atoms with Gasteiger partial charge in [0.05, 0.1) is 6.54 Å². The molecule has 0 radical (unpaired) electrons. The molecule has 2 nitrogen and oxygen atoms in total. The van der Waals surface area contributed by atoms with Gasteiger partial charge in [-0.05, 0) is 32.2 Å². The molecule has 2 heteroatoms. The second-order valence-corrected chi connectivity index (χ2v) is 4.23. The summed E-state index contributed by atoms with van der Waals surface area (Å²) < 4.78 is 0. The first kappa shape index (κ1) is 11.6. The summed E-state index contributed by atoms with van der Waals surface area (Å²) in [5.74, 6) is 3.68. The molecular weight excluding hydrogens is 172 g/mol. The van der Waals surface area contributed by atoms with Crippen molar-refractivity contribution in [2.24, 2.45) is 5.92 Å². The predicted octanol–water partition coefficient (Wildman–Crippen LogP) is 1.33. The molecule has 1 aliphatic carbocycles. The fraction of sp³-hybridized carbons (Fsp3) is 0.833. The topological polar surface area (TPSA) is 15.3 Å². The maximum Gasteiger partial charge on any atom is 0.0601 e. The van der Waals surface area contributed by atoms with Gasteiger partial charge >= 0.3 is 0 Å². The highest BCUT2D eigenvalue weighted by Crippen LogP contribution is 2.30. The van der Waals surface area contributed by atoms with Gasteiger partial charge in [0, 0.05) is 19.1 Å². The van der Waals surface area contributed by atoms with E-state index >= 15 is 0 Å². The fourth-order valence-corrected chi connectivity index (χ4v) is 1.63. The Balaban J connectivity index is 2.27. The first-order chi connectivity index (χ1) is 6.77. The number of hydrogen-bond acceptors (Lipinski definition) is 2. The van der Waals surface area contributed by atoms with E-state index in [1.165, 1.54) is 19.4 Å². The van der Waals surface area contributed by atoms with Crippen molar-refractivity contribution < 1.29 is 0 Å². The Labute approximate surface area is 88.1 Å². The third-order valence-corrected chi connectivity index (χ3v) is 2.80. The maximum atomic E-state index is 5.38. The van der Waals surface area contributed by atoms with Gasteiger partial charge in [0.2, 0.25) is 0 Å². The van der Waals surface area contributed by atoms with Gasteiger partial charge in [0.25, 0.3) is 0 Å². The quantitative estimate of drug-likeness (QED) is 0.615. The van der Waals surface area contributed by atoms with Gasteiger partial charge in [-0.2, -0.15) is 0 Å². The molecule has 0 saturated heterocycles. The largest absolute Gasteiger partial charge is 0.315 e. The van der Waals surface area contributed by atoms with Gasteiger partial charge in [-0.25, -0.2) is 0 Å². The maximum absolute atomic E-state index is 5.38. The molecule has 0 amide bonds. The lowest BCUT2D eigenvalue weighted by atomic mass is 10.2. The van der Waals surface area contributed by atoms with Crippen LogP contribution in [0.1, 0.15) is 26.7 Å². The standard InChI is InChI=1S/C12H22N2/c1-4-8-14(10-12-6-7-12)11(3)9-13-5-2/h1,11-13H,5-10H2,2-3H3. The van der Waals surface area contributed by atoms with Gasteiger partial charge in [0.15, 0.2) is 0 Å². The van der Waals surface area contributed by atoms with Crippen molar-refractivity contribution in [2.45, 2.75) is 32.7 Å². The molecule has 0 spiro atoms. The number of nitrogens with zero attached hydrogens (tertiary/aromatic N) is 1. The minimum absolute atomic E-state index is 0.562. The smallest absolute Gasteiger partial charge is 0.0601 e. The van der Waals surface area contributed by atoms with E-state index in [0.717, 1.165) is 25.6 Å². The first-order valence-electron chi connectivity index (χ1n) is 5.66. The second-order valence-electron chi connectivity index (χ2n) is 4.23. The Morgan fingerprint density at radius 2 is 2.29 bits per heavy atom. The summed E-state index contributed by atoms with van der Waals surface area (Å²) in [6.07, 6.45) is 8.18. The van der Waals surface area contributed by atoms with Crippen LogP contribution >= 0.6 is 0 Å². The molecule has 1 N–H and O–H groups in total. The highest BCUT2D eigenvalue weighted by Gasteiger charge is 2.25. The normalized spacial score (nSPS) is 18.1. The van der Waals surface area contributed by atoms with Crippen LogP contribution in [0.3, 0.4) is 0 Å². The average Bonchev–Trinajstić information content (AvgIpc) is 2.97. The average molecular weight is 194 g/mol. The van der Waals surface area contributed by atoms with Crippen molar-refractivity contribution in [3.05, 3.63) is 0 Å². The number of rotatable bonds is 7. The molecular formula is C12H22N2. The van der Waals surface area contributed by atoms with E-state index in [0.29, 0.717) is 6.04 Å². The Morgan fingerprint density at radius 1 is 1.57 bits per heavy atom. The first-order valence-corrected chi connectivity index (χ1v) is 5.66. The number of hydrogen-bond donors (Lipinski definition) is 1. The SMILES string of the molecule is C#CCN(CC1CC1)C(C)CNCC. The molecule has 0 aliphatic heterocycles. The Kier molecular flexibility index (Phi) is 5.00. The minimum atomic E-state index is 0.562. The lowest BCUT2D eigenvalue weighted by Gasteiger charge is -2.27. The van der Waals surface area contributed by atoms with Gasteiger partial charge in [-0.1, -0.05) is 12.8 Å². The lowest BCUT2D eigenvalue weighted by molar-refractivity contribution is 0.221. The van der Waals surface area contributed by atoms with E-state index in [1.807, 2.05) is 0 Å². The number of likely N-dealkylation sites (N-methyl/N-ethyl adjacent to an activating group) is 1. The molecule has 1 fully saturated rings. The highest BCUT2D eigenvalue weighted by atomic mass is 15.2. The predicted molar refractivity (Wildman–Crippen MR) is 61.1 cm³/mol. The number of terminal acetylenes is 1. The van der Waals surface area contributed by atoms with Crippen LogP contribution in [0.5, 0.6) is 0 Å². The molecule has 1 atom stereocenters. The van der Waals surface area contributed by atoms with Gasteiger partial charge in [-0.3, -0.25) is 4.90 Å². The Bertz CT molecular complexity index is 191. The summed E-state index contributed by atoms with van der Waals surface area (Å²) in [6, 6.07) is 0.562.